The molecule has 1 rings (SSSR count). The Morgan fingerprint density at radius 2 is 2.00 bits per heavy atom. The van der Waals surface area contributed by atoms with Crippen LogP contribution >= 0.6 is 0 Å². The van der Waals surface area contributed by atoms with Crippen LogP contribution in [0, 0.1) is 0 Å². The van der Waals surface area contributed by atoms with E-state index in [2.05, 4.69) is 4.74 Å². The zero-order chi connectivity index (χ0) is 7.72. The van der Waals surface area contributed by atoms with Crippen LogP contribution in [0.5, 0.6) is 0 Å². The molecule has 1 fully saturated rings. The average molecular weight is 152 g/mol. The van der Waals surface area contributed by atoms with Gasteiger partial charge in [-0.25, -0.2) is 4.39 Å². The standard InChI is InChI=1S/C5H9FO4/c6-3-2(1-7)10-5(9)4(3)8/h2-5,7-9H,1H2/t2-,3-,4-,5-/m1/s1. The summed E-state index contributed by atoms with van der Waals surface area (Å²) in [5.41, 5.74) is 0. The van der Waals surface area contributed by atoms with Crippen molar-refractivity contribution in [2.75, 3.05) is 6.61 Å². The van der Waals surface area contributed by atoms with E-state index in [0.717, 1.165) is 0 Å². The Morgan fingerprint density at radius 3 is 2.20 bits per heavy atom. The van der Waals surface area contributed by atoms with Crippen molar-refractivity contribution >= 4 is 0 Å². The van der Waals surface area contributed by atoms with Crippen molar-refractivity contribution in [2.45, 2.75) is 24.7 Å². The lowest BCUT2D eigenvalue weighted by Crippen LogP contribution is -2.29. The van der Waals surface area contributed by atoms with Gasteiger partial charge in [0.25, 0.3) is 0 Å². The second-order valence-electron chi connectivity index (χ2n) is 2.18. The van der Waals surface area contributed by atoms with Gasteiger partial charge in [0.05, 0.1) is 6.61 Å². The molecule has 0 bridgehead atoms. The second-order valence-corrected chi connectivity index (χ2v) is 2.18. The number of halogens is 1. The molecule has 1 heterocycles. The highest BCUT2D eigenvalue weighted by Crippen LogP contribution is 2.21. The lowest BCUT2D eigenvalue weighted by atomic mass is 10.2. The summed E-state index contributed by atoms with van der Waals surface area (Å²) in [6.45, 7) is -0.532. The van der Waals surface area contributed by atoms with Gasteiger partial charge in [-0.05, 0) is 0 Å². The lowest BCUT2D eigenvalue weighted by molar-refractivity contribution is -0.132. The normalized spacial score (nSPS) is 48.0. The van der Waals surface area contributed by atoms with Crippen LogP contribution in [0.2, 0.25) is 0 Å². The smallest absolute Gasteiger partial charge is 0.184 e. The van der Waals surface area contributed by atoms with Gasteiger partial charge in [0.15, 0.2) is 12.5 Å². The summed E-state index contributed by atoms with van der Waals surface area (Å²) in [5, 5.41) is 25.7. The number of alkyl halides is 1. The second kappa shape index (κ2) is 2.79. The highest BCUT2D eigenvalue weighted by atomic mass is 19.1. The van der Waals surface area contributed by atoms with Crippen molar-refractivity contribution in [3.8, 4) is 0 Å². The van der Waals surface area contributed by atoms with Gasteiger partial charge in [-0.1, -0.05) is 0 Å². The maximum absolute atomic E-state index is 12.5. The van der Waals surface area contributed by atoms with Crippen LogP contribution in [-0.2, 0) is 4.74 Å². The molecule has 1 saturated heterocycles. The van der Waals surface area contributed by atoms with Crippen molar-refractivity contribution in [2.24, 2.45) is 0 Å². The van der Waals surface area contributed by atoms with Crippen LogP contribution in [0.15, 0.2) is 0 Å². The molecule has 5 heteroatoms. The molecule has 0 amide bonds. The molecule has 4 atom stereocenters. The molecular formula is C5H9FO4. The van der Waals surface area contributed by atoms with E-state index in [-0.39, 0.29) is 0 Å². The first-order valence-electron chi connectivity index (χ1n) is 2.93. The Hall–Kier alpha value is -0.230. The van der Waals surface area contributed by atoms with E-state index < -0.39 is 31.3 Å². The van der Waals surface area contributed by atoms with E-state index in [1.54, 1.807) is 0 Å². The minimum absolute atomic E-state index is 0.532. The van der Waals surface area contributed by atoms with Gasteiger partial charge >= 0.3 is 0 Å². The van der Waals surface area contributed by atoms with Crippen molar-refractivity contribution in [1.29, 1.82) is 0 Å². The molecular weight excluding hydrogens is 143 g/mol. The highest BCUT2D eigenvalue weighted by molar-refractivity contribution is 4.85. The number of rotatable bonds is 1. The van der Waals surface area contributed by atoms with Crippen molar-refractivity contribution in [3.63, 3.8) is 0 Å². The minimum Gasteiger partial charge on any atom is -0.394 e. The summed E-state index contributed by atoms with van der Waals surface area (Å²) in [7, 11) is 0. The fourth-order valence-corrected chi connectivity index (χ4v) is 0.856. The van der Waals surface area contributed by atoms with E-state index in [4.69, 9.17) is 15.3 Å². The van der Waals surface area contributed by atoms with Crippen LogP contribution in [-0.4, -0.2) is 46.6 Å². The van der Waals surface area contributed by atoms with E-state index in [9.17, 15) is 4.39 Å². The molecule has 0 unspecified atom stereocenters. The molecule has 0 aromatic rings. The average Bonchev–Trinajstić information content (AvgIpc) is 2.17. The lowest BCUT2D eigenvalue weighted by Gasteiger charge is -2.06. The molecule has 1 aliphatic heterocycles. The van der Waals surface area contributed by atoms with E-state index in [1.165, 1.54) is 0 Å². The first-order chi connectivity index (χ1) is 4.66. The molecule has 0 saturated carbocycles. The van der Waals surface area contributed by atoms with Crippen LogP contribution < -0.4 is 0 Å². The van der Waals surface area contributed by atoms with Crippen LogP contribution in [0.25, 0.3) is 0 Å². The molecule has 60 valence electrons. The fourth-order valence-electron chi connectivity index (χ4n) is 0.856. The number of hydrogen-bond acceptors (Lipinski definition) is 4. The van der Waals surface area contributed by atoms with Crippen LogP contribution in [0.4, 0.5) is 4.39 Å². The van der Waals surface area contributed by atoms with Gasteiger partial charge < -0.3 is 20.1 Å². The van der Waals surface area contributed by atoms with Crippen LogP contribution in [0.3, 0.4) is 0 Å². The van der Waals surface area contributed by atoms with Gasteiger partial charge in [-0.3, -0.25) is 0 Å². The number of hydrogen-bond donors (Lipinski definition) is 3. The molecule has 0 spiro atoms. The van der Waals surface area contributed by atoms with E-state index in [1.807, 2.05) is 0 Å². The Balaban J connectivity index is 2.53. The van der Waals surface area contributed by atoms with Gasteiger partial charge in [0, 0.05) is 0 Å². The molecule has 1 aliphatic rings. The number of aliphatic hydroxyl groups is 3. The zero-order valence-electron chi connectivity index (χ0n) is 5.14. The van der Waals surface area contributed by atoms with E-state index >= 15 is 0 Å². The van der Waals surface area contributed by atoms with Gasteiger partial charge in [-0.2, -0.15) is 0 Å². The Labute approximate surface area is 56.9 Å². The maximum Gasteiger partial charge on any atom is 0.184 e. The Morgan fingerprint density at radius 1 is 1.40 bits per heavy atom. The summed E-state index contributed by atoms with van der Waals surface area (Å²) in [6.07, 6.45) is -5.82. The van der Waals surface area contributed by atoms with Gasteiger partial charge in [-0.15, -0.1) is 0 Å². The monoisotopic (exact) mass is 152 g/mol. The first-order valence-corrected chi connectivity index (χ1v) is 2.93. The zero-order valence-corrected chi connectivity index (χ0v) is 5.14. The maximum atomic E-state index is 12.5. The molecule has 10 heavy (non-hydrogen) atoms. The van der Waals surface area contributed by atoms with Gasteiger partial charge in [0.1, 0.15) is 12.2 Å². The molecule has 0 radical (unpaired) electrons. The van der Waals surface area contributed by atoms with Crippen molar-refractivity contribution in [3.05, 3.63) is 0 Å². The minimum atomic E-state index is -1.69. The van der Waals surface area contributed by atoms with Gasteiger partial charge in [0.2, 0.25) is 0 Å². The van der Waals surface area contributed by atoms with Crippen molar-refractivity contribution < 1.29 is 24.4 Å². The predicted octanol–water partition coefficient (Wildman–Crippen LogP) is -1.61. The van der Waals surface area contributed by atoms with Crippen LogP contribution in [0.1, 0.15) is 0 Å². The summed E-state index contributed by atoms with van der Waals surface area (Å²) in [5.74, 6) is 0. The van der Waals surface area contributed by atoms with E-state index in [0.29, 0.717) is 0 Å². The molecule has 4 nitrogen and oxygen atoms in total. The molecule has 3 N–H and O–H groups in total. The molecule has 0 aromatic carbocycles. The third kappa shape index (κ3) is 1.13. The Bertz CT molecular complexity index is 120. The molecule has 0 aliphatic carbocycles. The highest BCUT2D eigenvalue weighted by Gasteiger charge is 2.42. The summed E-state index contributed by atoms with van der Waals surface area (Å²) in [6, 6.07) is 0. The quantitative estimate of drug-likeness (QED) is 0.423. The number of aliphatic hydroxyl groups excluding tert-OH is 3. The SMILES string of the molecule is OC[C@H]1O[C@@H](O)[C@H](O)[C@@H]1F. The Kier molecular flexibility index (Phi) is 2.20. The first kappa shape index (κ1) is 7.87. The summed E-state index contributed by atoms with van der Waals surface area (Å²) < 4.78 is 17.0. The summed E-state index contributed by atoms with van der Waals surface area (Å²) in [4.78, 5) is 0. The predicted molar refractivity (Wildman–Crippen MR) is 28.9 cm³/mol. The molecule has 0 aromatic heterocycles. The summed E-state index contributed by atoms with van der Waals surface area (Å²) >= 11 is 0. The topological polar surface area (TPSA) is 69.9 Å². The van der Waals surface area contributed by atoms with Crippen molar-refractivity contribution in [1.82, 2.24) is 0 Å². The number of ether oxygens (including phenoxy) is 1. The largest absolute Gasteiger partial charge is 0.394 e. The third-order valence-electron chi connectivity index (χ3n) is 1.47. The fraction of sp³-hybridized carbons (Fsp3) is 1.00. The third-order valence-corrected chi connectivity index (χ3v) is 1.47.